The highest BCUT2D eigenvalue weighted by molar-refractivity contribution is 6.04. The number of ether oxygens (including phenoxy) is 1. The standard InChI is InChI=1S/C19H22N4O3/c1-13-17(21-9-10-26-13)19(25)22-11-14-4-6-15(7-5-14)18(24)23-16-3-2-8-20-12-16/h2-8,12-13,17,21H,9-11H2,1H3,(H,22,25)(H,23,24)/t13-,17+/m1/s1. The smallest absolute Gasteiger partial charge is 0.255 e. The molecule has 0 aliphatic carbocycles. The van der Waals surface area contributed by atoms with Crippen LogP contribution >= 0.6 is 0 Å². The van der Waals surface area contributed by atoms with Gasteiger partial charge in [0.1, 0.15) is 6.04 Å². The summed E-state index contributed by atoms with van der Waals surface area (Å²) in [6.45, 7) is 3.57. The van der Waals surface area contributed by atoms with Crippen molar-refractivity contribution in [1.82, 2.24) is 15.6 Å². The summed E-state index contributed by atoms with van der Waals surface area (Å²) in [6.07, 6.45) is 3.09. The van der Waals surface area contributed by atoms with Gasteiger partial charge in [0.2, 0.25) is 5.91 Å². The summed E-state index contributed by atoms with van der Waals surface area (Å²) in [5, 5.41) is 8.84. The van der Waals surface area contributed by atoms with Crippen LogP contribution in [0.3, 0.4) is 0 Å². The Kier molecular flexibility index (Phi) is 5.93. The van der Waals surface area contributed by atoms with Gasteiger partial charge in [0.25, 0.3) is 5.91 Å². The van der Waals surface area contributed by atoms with E-state index < -0.39 is 0 Å². The van der Waals surface area contributed by atoms with Gasteiger partial charge >= 0.3 is 0 Å². The predicted molar refractivity (Wildman–Crippen MR) is 97.7 cm³/mol. The molecule has 2 aromatic rings. The van der Waals surface area contributed by atoms with E-state index in [4.69, 9.17) is 4.74 Å². The largest absolute Gasteiger partial charge is 0.375 e. The van der Waals surface area contributed by atoms with Crippen molar-refractivity contribution in [1.29, 1.82) is 0 Å². The lowest BCUT2D eigenvalue weighted by Gasteiger charge is -2.29. The first-order valence-electron chi connectivity index (χ1n) is 8.56. The number of anilines is 1. The van der Waals surface area contributed by atoms with E-state index in [1.807, 2.05) is 19.1 Å². The predicted octanol–water partition coefficient (Wildman–Crippen LogP) is 1.33. The topological polar surface area (TPSA) is 92.4 Å². The lowest BCUT2D eigenvalue weighted by Crippen LogP contribution is -2.55. The molecule has 2 heterocycles. The zero-order valence-corrected chi connectivity index (χ0v) is 14.6. The molecular formula is C19H22N4O3. The highest BCUT2D eigenvalue weighted by Gasteiger charge is 2.27. The first-order valence-corrected chi connectivity index (χ1v) is 8.56. The van der Waals surface area contributed by atoms with Gasteiger partial charge in [-0.05, 0) is 36.8 Å². The maximum absolute atomic E-state index is 12.2. The van der Waals surface area contributed by atoms with Crippen molar-refractivity contribution in [3.63, 3.8) is 0 Å². The first-order chi connectivity index (χ1) is 12.6. The summed E-state index contributed by atoms with van der Waals surface area (Å²) in [5.41, 5.74) is 2.10. The maximum atomic E-state index is 12.2. The summed E-state index contributed by atoms with van der Waals surface area (Å²) in [4.78, 5) is 28.4. The number of benzene rings is 1. The van der Waals surface area contributed by atoms with E-state index in [1.165, 1.54) is 0 Å². The Balaban J connectivity index is 1.52. The van der Waals surface area contributed by atoms with Crippen LogP contribution in [-0.2, 0) is 16.1 Å². The zero-order valence-electron chi connectivity index (χ0n) is 14.6. The molecule has 2 atom stereocenters. The number of nitrogens with zero attached hydrogens (tertiary/aromatic N) is 1. The van der Waals surface area contributed by atoms with Gasteiger partial charge in [0.15, 0.2) is 0 Å². The van der Waals surface area contributed by atoms with Crippen molar-refractivity contribution in [3.8, 4) is 0 Å². The molecule has 1 aromatic heterocycles. The van der Waals surface area contributed by atoms with Gasteiger partial charge in [-0.25, -0.2) is 0 Å². The minimum atomic E-state index is -0.340. The Morgan fingerprint density at radius 1 is 1.27 bits per heavy atom. The third-order valence-electron chi connectivity index (χ3n) is 4.20. The van der Waals surface area contributed by atoms with E-state index in [-0.39, 0.29) is 24.0 Å². The van der Waals surface area contributed by atoms with Gasteiger partial charge < -0.3 is 20.7 Å². The number of amides is 2. The van der Waals surface area contributed by atoms with E-state index in [2.05, 4.69) is 20.9 Å². The van der Waals surface area contributed by atoms with Crippen LogP contribution in [0.4, 0.5) is 5.69 Å². The van der Waals surface area contributed by atoms with Gasteiger partial charge in [-0.1, -0.05) is 12.1 Å². The molecule has 1 fully saturated rings. The molecule has 1 aromatic carbocycles. The van der Waals surface area contributed by atoms with E-state index in [1.54, 1.807) is 36.7 Å². The zero-order chi connectivity index (χ0) is 18.4. The molecule has 26 heavy (non-hydrogen) atoms. The van der Waals surface area contributed by atoms with Crippen molar-refractivity contribution in [2.45, 2.75) is 25.6 Å². The lowest BCUT2D eigenvalue weighted by molar-refractivity contribution is -0.129. The molecule has 0 unspecified atom stereocenters. The lowest BCUT2D eigenvalue weighted by atomic mass is 10.1. The molecule has 1 aliphatic rings. The van der Waals surface area contributed by atoms with Crippen molar-refractivity contribution in [2.24, 2.45) is 0 Å². The van der Waals surface area contributed by atoms with Crippen LogP contribution in [0.5, 0.6) is 0 Å². The summed E-state index contributed by atoms with van der Waals surface area (Å²) < 4.78 is 5.48. The maximum Gasteiger partial charge on any atom is 0.255 e. The fourth-order valence-electron chi connectivity index (χ4n) is 2.74. The molecular weight excluding hydrogens is 332 g/mol. The second-order valence-electron chi connectivity index (χ2n) is 6.12. The van der Waals surface area contributed by atoms with Gasteiger partial charge in [-0.3, -0.25) is 14.6 Å². The molecule has 0 saturated carbocycles. The average molecular weight is 354 g/mol. The summed E-state index contributed by atoms with van der Waals surface area (Å²) in [7, 11) is 0. The van der Waals surface area contributed by atoms with Crippen LogP contribution in [0.15, 0.2) is 48.8 Å². The number of morpholine rings is 1. The van der Waals surface area contributed by atoms with E-state index in [0.29, 0.717) is 30.9 Å². The number of carbonyl (C=O) groups is 2. The Bertz CT molecular complexity index is 749. The second-order valence-corrected chi connectivity index (χ2v) is 6.12. The molecule has 136 valence electrons. The number of rotatable bonds is 5. The molecule has 1 saturated heterocycles. The average Bonchev–Trinajstić information content (AvgIpc) is 2.67. The molecule has 7 heteroatoms. The van der Waals surface area contributed by atoms with Crippen LogP contribution in [0.2, 0.25) is 0 Å². The van der Waals surface area contributed by atoms with Gasteiger partial charge in [-0.2, -0.15) is 0 Å². The third kappa shape index (κ3) is 4.65. The molecule has 0 radical (unpaired) electrons. The van der Waals surface area contributed by atoms with Crippen molar-refractivity contribution >= 4 is 17.5 Å². The van der Waals surface area contributed by atoms with Gasteiger partial charge in [0, 0.05) is 24.8 Å². The normalized spacial score (nSPS) is 19.6. The molecule has 0 bridgehead atoms. The van der Waals surface area contributed by atoms with E-state index in [9.17, 15) is 9.59 Å². The Morgan fingerprint density at radius 3 is 2.77 bits per heavy atom. The minimum absolute atomic E-state index is 0.0874. The quantitative estimate of drug-likeness (QED) is 0.753. The molecule has 2 amide bonds. The summed E-state index contributed by atoms with van der Waals surface area (Å²) >= 11 is 0. The van der Waals surface area contributed by atoms with Crippen molar-refractivity contribution in [3.05, 3.63) is 59.9 Å². The number of nitrogens with one attached hydrogen (secondary N) is 3. The number of aromatic nitrogens is 1. The number of hydrogen-bond acceptors (Lipinski definition) is 5. The Hall–Kier alpha value is -2.77. The van der Waals surface area contributed by atoms with Crippen LogP contribution in [0.25, 0.3) is 0 Å². The van der Waals surface area contributed by atoms with Crippen LogP contribution in [0, 0.1) is 0 Å². The Labute approximate surface area is 152 Å². The number of hydrogen-bond donors (Lipinski definition) is 3. The van der Waals surface area contributed by atoms with Gasteiger partial charge in [0.05, 0.1) is 24.6 Å². The number of carbonyl (C=O) groups excluding carboxylic acids is 2. The molecule has 1 aliphatic heterocycles. The third-order valence-corrected chi connectivity index (χ3v) is 4.20. The number of pyridine rings is 1. The van der Waals surface area contributed by atoms with Crippen molar-refractivity contribution < 1.29 is 14.3 Å². The summed E-state index contributed by atoms with van der Waals surface area (Å²) in [6, 6.07) is 10.3. The van der Waals surface area contributed by atoms with Crippen LogP contribution in [-0.4, -0.2) is 42.1 Å². The summed E-state index contributed by atoms with van der Waals surface area (Å²) in [5.74, 6) is -0.290. The van der Waals surface area contributed by atoms with E-state index in [0.717, 1.165) is 5.56 Å². The Morgan fingerprint density at radius 2 is 2.08 bits per heavy atom. The molecule has 3 rings (SSSR count). The highest BCUT2D eigenvalue weighted by Crippen LogP contribution is 2.10. The first kappa shape index (κ1) is 18.0. The van der Waals surface area contributed by atoms with Crippen LogP contribution < -0.4 is 16.0 Å². The van der Waals surface area contributed by atoms with Crippen LogP contribution in [0.1, 0.15) is 22.8 Å². The minimum Gasteiger partial charge on any atom is -0.375 e. The van der Waals surface area contributed by atoms with Crippen molar-refractivity contribution in [2.75, 3.05) is 18.5 Å². The fraction of sp³-hybridized carbons (Fsp3) is 0.316. The van der Waals surface area contributed by atoms with E-state index >= 15 is 0 Å². The monoisotopic (exact) mass is 354 g/mol. The SMILES string of the molecule is C[C@H]1OCCN[C@@H]1C(=O)NCc1ccc(C(=O)Nc2cccnc2)cc1. The fourth-order valence-corrected chi connectivity index (χ4v) is 2.74. The molecule has 0 spiro atoms. The highest BCUT2D eigenvalue weighted by atomic mass is 16.5. The van der Waals surface area contributed by atoms with Gasteiger partial charge in [-0.15, -0.1) is 0 Å². The molecule has 7 nitrogen and oxygen atoms in total. The second kappa shape index (κ2) is 8.55. The molecule has 3 N–H and O–H groups in total.